The lowest BCUT2D eigenvalue weighted by Gasteiger charge is -2.10. The van der Waals surface area contributed by atoms with Crippen molar-refractivity contribution in [2.75, 3.05) is 0 Å². The van der Waals surface area contributed by atoms with Gasteiger partial charge in [0.2, 0.25) is 0 Å². The van der Waals surface area contributed by atoms with E-state index in [0.29, 0.717) is 16.2 Å². The third-order valence-corrected chi connectivity index (χ3v) is 4.18. The molecule has 0 aliphatic heterocycles. The Morgan fingerprint density at radius 1 is 1.00 bits per heavy atom. The first-order valence-electron chi connectivity index (χ1n) is 6.66. The Hall–Kier alpha value is -1.46. The summed E-state index contributed by atoms with van der Waals surface area (Å²) >= 11 is 1.06. The van der Waals surface area contributed by atoms with Crippen molar-refractivity contribution in [1.82, 2.24) is 0 Å². The molecule has 1 atom stereocenters. The lowest BCUT2D eigenvalue weighted by Crippen LogP contribution is -2.21. The molecule has 1 unspecified atom stereocenters. The van der Waals surface area contributed by atoms with Gasteiger partial charge >= 0.3 is 0 Å². The van der Waals surface area contributed by atoms with Gasteiger partial charge in [0.15, 0.2) is 11.6 Å². The standard InChI is InChI=1S/C16H16F3NS/c1-2-11(20)7-10-3-6-16(15(19)8-10)21-12-4-5-13(17)14(18)9-12/h3-6,8-9,11H,2,7,20H2,1H3. The van der Waals surface area contributed by atoms with Gasteiger partial charge in [-0.25, -0.2) is 13.2 Å². The minimum atomic E-state index is -0.939. The summed E-state index contributed by atoms with van der Waals surface area (Å²) in [5, 5.41) is 0. The maximum atomic E-state index is 14.0. The van der Waals surface area contributed by atoms with Gasteiger partial charge in [-0.05, 0) is 48.7 Å². The van der Waals surface area contributed by atoms with Crippen LogP contribution < -0.4 is 5.73 Å². The Morgan fingerprint density at radius 3 is 2.38 bits per heavy atom. The van der Waals surface area contributed by atoms with Crippen molar-refractivity contribution in [1.29, 1.82) is 0 Å². The lowest BCUT2D eigenvalue weighted by atomic mass is 10.0. The van der Waals surface area contributed by atoms with Crippen molar-refractivity contribution < 1.29 is 13.2 Å². The van der Waals surface area contributed by atoms with Gasteiger partial charge in [-0.3, -0.25) is 0 Å². The largest absolute Gasteiger partial charge is 0.327 e. The van der Waals surface area contributed by atoms with Crippen molar-refractivity contribution in [3.05, 3.63) is 59.4 Å². The highest BCUT2D eigenvalue weighted by Crippen LogP contribution is 2.31. The van der Waals surface area contributed by atoms with Crippen LogP contribution in [-0.2, 0) is 6.42 Å². The van der Waals surface area contributed by atoms with Gasteiger partial charge in [-0.1, -0.05) is 24.8 Å². The molecule has 0 bridgehead atoms. The number of halogens is 3. The van der Waals surface area contributed by atoms with Crippen molar-refractivity contribution in [2.24, 2.45) is 5.73 Å². The molecule has 0 fully saturated rings. The third-order valence-electron chi connectivity index (χ3n) is 3.14. The first-order chi connectivity index (χ1) is 9.99. The molecular weight excluding hydrogens is 295 g/mol. The summed E-state index contributed by atoms with van der Waals surface area (Å²) in [6, 6.07) is 8.40. The molecule has 0 heterocycles. The highest BCUT2D eigenvalue weighted by atomic mass is 32.2. The Bertz CT molecular complexity index is 631. The van der Waals surface area contributed by atoms with Gasteiger partial charge in [0, 0.05) is 15.8 Å². The van der Waals surface area contributed by atoms with Crippen LogP contribution in [0.5, 0.6) is 0 Å². The van der Waals surface area contributed by atoms with Crippen LogP contribution >= 0.6 is 11.8 Å². The Kier molecular flexibility index (Phi) is 5.31. The van der Waals surface area contributed by atoms with Crippen molar-refractivity contribution in [3.63, 3.8) is 0 Å². The molecule has 2 aromatic carbocycles. The molecular formula is C16H16F3NS. The molecule has 2 N–H and O–H groups in total. The molecule has 2 rings (SSSR count). The van der Waals surface area contributed by atoms with Crippen molar-refractivity contribution in [3.8, 4) is 0 Å². The van der Waals surface area contributed by atoms with Crippen LogP contribution in [0.2, 0.25) is 0 Å². The fourth-order valence-corrected chi connectivity index (χ4v) is 2.71. The fraction of sp³-hybridized carbons (Fsp3) is 0.250. The highest BCUT2D eigenvalue weighted by molar-refractivity contribution is 7.99. The summed E-state index contributed by atoms with van der Waals surface area (Å²) in [6.45, 7) is 1.98. The fourth-order valence-electron chi connectivity index (χ4n) is 1.87. The van der Waals surface area contributed by atoms with Gasteiger partial charge in [-0.15, -0.1) is 0 Å². The third kappa shape index (κ3) is 4.25. The molecule has 0 aliphatic rings. The van der Waals surface area contributed by atoms with Crippen LogP contribution in [0.25, 0.3) is 0 Å². The van der Waals surface area contributed by atoms with Crippen LogP contribution in [0.4, 0.5) is 13.2 Å². The van der Waals surface area contributed by atoms with Gasteiger partial charge in [0.05, 0.1) is 0 Å². The number of nitrogens with two attached hydrogens (primary N) is 1. The molecule has 1 nitrogen and oxygen atoms in total. The molecule has 2 aromatic rings. The van der Waals surface area contributed by atoms with Gasteiger partial charge in [0.25, 0.3) is 0 Å². The SMILES string of the molecule is CCC(N)Cc1ccc(Sc2ccc(F)c(F)c2)c(F)c1. The minimum absolute atomic E-state index is 0.00842. The molecule has 0 aromatic heterocycles. The van der Waals surface area contributed by atoms with Crippen LogP contribution in [-0.4, -0.2) is 6.04 Å². The second-order valence-electron chi connectivity index (χ2n) is 4.82. The summed E-state index contributed by atoms with van der Waals surface area (Å²) in [5.74, 6) is -2.24. The maximum absolute atomic E-state index is 14.0. The molecule has 112 valence electrons. The van der Waals surface area contributed by atoms with Gasteiger partial charge in [0.1, 0.15) is 5.82 Å². The average molecular weight is 311 g/mol. The summed E-state index contributed by atoms with van der Waals surface area (Å²) in [6.07, 6.45) is 1.44. The normalized spacial score (nSPS) is 12.4. The topological polar surface area (TPSA) is 26.0 Å². The monoisotopic (exact) mass is 311 g/mol. The summed E-state index contributed by atoms with van der Waals surface area (Å²) in [7, 11) is 0. The van der Waals surface area contributed by atoms with E-state index in [1.54, 1.807) is 12.1 Å². The van der Waals surface area contributed by atoms with Crippen LogP contribution in [0.15, 0.2) is 46.2 Å². The molecule has 5 heteroatoms. The lowest BCUT2D eigenvalue weighted by molar-refractivity contribution is 0.506. The number of hydrogen-bond donors (Lipinski definition) is 1. The van der Waals surface area contributed by atoms with Gasteiger partial charge in [-0.2, -0.15) is 0 Å². The minimum Gasteiger partial charge on any atom is -0.327 e. The molecule has 0 aliphatic carbocycles. The van der Waals surface area contributed by atoms with E-state index in [1.165, 1.54) is 12.1 Å². The van der Waals surface area contributed by atoms with E-state index in [2.05, 4.69) is 0 Å². The Morgan fingerprint density at radius 2 is 1.76 bits per heavy atom. The zero-order chi connectivity index (χ0) is 15.4. The predicted molar refractivity (Wildman–Crippen MR) is 78.9 cm³/mol. The summed E-state index contributed by atoms with van der Waals surface area (Å²) in [5.41, 5.74) is 6.67. The summed E-state index contributed by atoms with van der Waals surface area (Å²) < 4.78 is 40.0. The van der Waals surface area contributed by atoms with Crippen LogP contribution in [0.1, 0.15) is 18.9 Å². The molecule has 0 saturated heterocycles. The number of rotatable bonds is 5. The number of benzene rings is 2. The average Bonchev–Trinajstić information content (AvgIpc) is 2.45. The maximum Gasteiger partial charge on any atom is 0.159 e. The second kappa shape index (κ2) is 7.00. The molecule has 21 heavy (non-hydrogen) atoms. The first kappa shape index (κ1) is 15.9. The van der Waals surface area contributed by atoms with E-state index in [-0.39, 0.29) is 11.9 Å². The zero-order valence-corrected chi connectivity index (χ0v) is 12.4. The van der Waals surface area contributed by atoms with E-state index in [1.807, 2.05) is 6.92 Å². The zero-order valence-electron chi connectivity index (χ0n) is 11.6. The first-order valence-corrected chi connectivity index (χ1v) is 7.48. The van der Waals surface area contributed by atoms with Crippen molar-refractivity contribution in [2.45, 2.75) is 35.6 Å². The van der Waals surface area contributed by atoms with E-state index < -0.39 is 11.6 Å². The molecule has 0 spiro atoms. The Labute approximate surface area is 126 Å². The van der Waals surface area contributed by atoms with E-state index in [0.717, 1.165) is 35.9 Å². The van der Waals surface area contributed by atoms with Crippen LogP contribution in [0, 0.1) is 17.5 Å². The summed E-state index contributed by atoms with van der Waals surface area (Å²) in [4.78, 5) is 0.820. The number of hydrogen-bond acceptors (Lipinski definition) is 2. The highest BCUT2D eigenvalue weighted by Gasteiger charge is 2.09. The quantitative estimate of drug-likeness (QED) is 0.877. The van der Waals surface area contributed by atoms with Gasteiger partial charge < -0.3 is 5.73 Å². The van der Waals surface area contributed by atoms with Crippen molar-refractivity contribution >= 4 is 11.8 Å². The van der Waals surface area contributed by atoms with E-state index in [4.69, 9.17) is 5.73 Å². The Balaban J connectivity index is 2.15. The molecule has 0 saturated carbocycles. The van der Waals surface area contributed by atoms with Crippen LogP contribution in [0.3, 0.4) is 0 Å². The van der Waals surface area contributed by atoms with E-state index >= 15 is 0 Å². The second-order valence-corrected chi connectivity index (χ2v) is 5.93. The predicted octanol–water partition coefficient (Wildman–Crippen LogP) is 4.53. The van der Waals surface area contributed by atoms with E-state index in [9.17, 15) is 13.2 Å². The molecule has 0 radical (unpaired) electrons. The molecule has 0 amide bonds. The smallest absolute Gasteiger partial charge is 0.159 e.